The first-order valence-electron chi connectivity index (χ1n) is 6.40. The highest BCUT2D eigenvalue weighted by molar-refractivity contribution is 5.77. The summed E-state index contributed by atoms with van der Waals surface area (Å²) in [5.41, 5.74) is 0. The molecule has 1 amide bonds. The summed E-state index contributed by atoms with van der Waals surface area (Å²) in [4.78, 5) is 15.9. The van der Waals surface area contributed by atoms with Crippen LogP contribution in [-0.2, 0) is 14.3 Å². The average Bonchev–Trinajstić information content (AvgIpc) is 2.83. The van der Waals surface area contributed by atoms with Crippen molar-refractivity contribution < 1.29 is 14.3 Å². The Bertz CT molecular complexity index is 246. The van der Waals surface area contributed by atoms with Crippen LogP contribution in [0.2, 0.25) is 0 Å². The van der Waals surface area contributed by atoms with Gasteiger partial charge in [-0.05, 0) is 12.8 Å². The van der Waals surface area contributed by atoms with Gasteiger partial charge in [0.25, 0.3) is 0 Å². The Hall–Kier alpha value is -0.650. The lowest BCUT2D eigenvalue weighted by molar-refractivity contribution is -0.137. The molecule has 0 aromatic carbocycles. The Morgan fingerprint density at radius 2 is 2.12 bits per heavy atom. The first-order chi connectivity index (χ1) is 8.29. The molecule has 0 saturated carbocycles. The summed E-state index contributed by atoms with van der Waals surface area (Å²) in [7, 11) is 1.56. The molecule has 2 rings (SSSR count). The number of ether oxygens (including phenoxy) is 2. The SMILES string of the molecule is COCC(=O)N1CCN(CC2CCCO2)CC1. The van der Waals surface area contributed by atoms with E-state index < -0.39 is 0 Å². The zero-order valence-electron chi connectivity index (χ0n) is 10.6. The summed E-state index contributed by atoms with van der Waals surface area (Å²) in [6.45, 7) is 5.67. The molecule has 0 aromatic rings. The lowest BCUT2D eigenvalue weighted by atomic mass is 10.2. The molecule has 1 atom stereocenters. The van der Waals surface area contributed by atoms with Crippen LogP contribution in [0.3, 0.4) is 0 Å². The van der Waals surface area contributed by atoms with Crippen molar-refractivity contribution in [2.24, 2.45) is 0 Å². The molecule has 0 aliphatic carbocycles. The molecule has 0 bridgehead atoms. The van der Waals surface area contributed by atoms with Gasteiger partial charge in [0.05, 0.1) is 6.10 Å². The molecule has 2 aliphatic rings. The third-order valence-corrected chi connectivity index (χ3v) is 3.48. The van der Waals surface area contributed by atoms with Gasteiger partial charge >= 0.3 is 0 Å². The second-order valence-corrected chi connectivity index (χ2v) is 4.75. The number of carbonyl (C=O) groups excluding carboxylic acids is 1. The summed E-state index contributed by atoms with van der Waals surface area (Å²) in [6, 6.07) is 0. The lowest BCUT2D eigenvalue weighted by Gasteiger charge is -2.35. The second-order valence-electron chi connectivity index (χ2n) is 4.75. The fourth-order valence-electron chi connectivity index (χ4n) is 2.47. The Morgan fingerprint density at radius 3 is 2.71 bits per heavy atom. The summed E-state index contributed by atoms with van der Waals surface area (Å²) >= 11 is 0. The molecule has 0 aromatic heterocycles. The third kappa shape index (κ3) is 3.66. The van der Waals surface area contributed by atoms with E-state index in [0.29, 0.717) is 6.10 Å². The van der Waals surface area contributed by atoms with Crippen LogP contribution < -0.4 is 0 Å². The van der Waals surface area contributed by atoms with E-state index in [1.165, 1.54) is 12.8 Å². The molecule has 17 heavy (non-hydrogen) atoms. The second kappa shape index (κ2) is 6.33. The summed E-state index contributed by atoms with van der Waals surface area (Å²) in [5, 5.41) is 0. The van der Waals surface area contributed by atoms with Gasteiger partial charge in [-0.2, -0.15) is 0 Å². The maximum atomic E-state index is 11.6. The van der Waals surface area contributed by atoms with Gasteiger partial charge in [-0.3, -0.25) is 9.69 Å². The number of methoxy groups -OCH3 is 1. The van der Waals surface area contributed by atoms with Crippen molar-refractivity contribution >= 4 is 5.91 Å². The summed E-state index contributed by atoms with van der Waals surface area (Å²) < 4.78 is 10.5. The Morgan fingerprint density at radius 1 is 1.35 bits per heavy atom. The van der Waals surface area contributed by atoms with Gasteiger partial charge in [-0.15, -0.1) is 0 Å². The highest BCUT2D eigenvalue weighted by Gasteiger charge is 2.24. The van der Waals surface area contributed by atoms with Crippen molar-refractivity contribution in [2.45, 2.75) is 18.9 Å². The maximum Gasteiger partial charge on any atom is 0.248 e. The molecule has 2 heterocycles. The number of carbonyl (C=O) groups is 1. The van der Waals surface area contributed by atoms with Gasteiger partial charge in [0, 0.05) is 46.4 Å². The first kappa shape index (κ1) is 12.8. The van der Waals surface area contributed by atoms with Crippen molar-refractivity contribution in [2.75, 3.05) is 53.0 Å². The van der Waals surface area contributed by atoms with Crippen molar-refractivity contribution in [3.63, 3.8) is 0 Å². The predicted molar refractivity (Wildman–Crippen MR) is 63.9 cm³/mol. The third-order valence-electron chi connectivity index (χ3n) is 3.48. The Labute approximate surface area is 103 Å². The fourth-order valence-corrected chi connectivity index (χ4v) is 2.47. The minimum absolute atomic E-state index is 0.101. The van der Waals surface area contributed by atoms with Crippen LogP contribution in [0.4, 0.5) is 0 Å². The molecule has 5 heteroatoms. The lowest BCUT2D eigenvalue weighted by Crippen LogP contribution is -2.51. The normalized spacial score (nSPS) is 26.4. The van der Waals surface area contributed by atoms with E-state index in [0.717, 1.165) is 39.3 Å². The maximum absolute atomic E-state index is 11.6. The van der Waals surface area contributed by atoms with Crippen molar-refractivity contribution in [1.29, 1.82) is 0 Å². The number of amides is 1. The number of nitrogens with zero attached hydrogens (tertiary/aromatic N) is 2. The molecule has 0 radical (unpaired) electrons. The van der Waals surface area contributed by atoms with Crippen LogP contribution in [0, 0.1) is 0 Å². The molecule has 0 N–H and O–H groups in total. The highest BCUT2D eigenvalue weighted by Crippen LogP contribution is 2.14. The summed E-state index contributed by atoms with van der Waals surface area (Å²) in [6.07, 6.45) is 2.79. The molecule has 1 unspecified atom stereocenters. The molecule has 2 saturated heterocycles. The van der Waals surface area contributed by atoms with Crippen LogP contribution in [0.15, 0.2) is 0 Å². The van der Waals surface area contributed by atoms with Crippen molar-refractivity contribution in [3.05, 3.63) is 0 Å². The topological polar surface area (TPSA) is 42.0 Å². The minimum atomic E-state index is 0.101. The zero-order chi connectivity index (χ0) is 12.1. The molecule has 2 fully saturated rings. The van der Waals surface area contributed by atoms with Crippen molar-refractivity contribution in [1.82, 2.24) is 9.80 Å². The Kier molecular flexibility index (Phi) is 4.76. The van der Waals surface area contributed by atoms with Gasteiger partial charge in [0.2, 0.25) is 5.91 Å². The van der Waals surface area contributed by atoms with E-state index in [2.05, 4.69) is 4.90 Å². The number of piperazine rings is 1. The van der Waals surface area contributed by atoms with Crippen LogP contribution in [0.25, 0.3) is 0 Å². The fraction of sp³-hybridized carbons (Fsp3) is 0.917. The van der Waals surface area contributed by atoms with E-state index in [9.17, 15) is 4.79 Å². The standard InChI is InChI=1S/C12H22N2O3/c1-16-10-12(15)14-6-4-13(5-7-14)9-11-3-2-8-17-11/h11H,2-10H2,1H3. The van der Waals surface area contributed by atoms with Gasteiger partial charge < -0.3 is 14.4 Å². The zero-order valence-corrected chi connectivity index (χ0v) is 10.6. The number of hydrogen-bond donors (Lipinski definition) is 0. The largest absolute Gasteiger partial charge is 0.377 e. The highest BCUT2D eigenvalue weighted by atomic mass is 16.5. The molecule has 0 spiro atoms. The average molecular weight is 242 g/mol. The van der Waals surface area contributed by atoms with Gasteiger partial charge in [-0.1, -0.05) is 0 Å². The molecule has 98 valence electrons. The van der Waals surface area contributed by atoms with Gasteiger partial charge in [-0.25, -0.2) is 0 Å². The summed E-state index contributed by atoms with van der Waals surface area (Å²) in [5.74, 6) is 0.101. The smallest absolute Gasteiger partial charge is 0.248 e. The van der Waals surface area contributed by atoms with Crippen LogP contribution in [0.1, 0.15) is 12.8 Å². The number of hydrogen-bond acceptors (Lipinski definition) is 4. The first-order valence-corrected chi connectivity index (χ1v) is 6.40. The van der Waals surface area contributed by atoms with Gasteiger partial charge in [0.1, 0.15) is 6.61 Å². The van der Waals surface area contributed by atoms with Crippen LogP contribution >= 0.6 is 0 Å². The minimum Gasteiger partial charge on any atom is -0.377 e. The van der Waals surface area contributed by atoms with Crippen LogP contribution in [-0.4, -0.2) is 74.9 Å². The van der Waals surface area contributed by atoms with E-state index >= 15 is 0 Å². The van der Waals surface area contributed by atoms with E-state index in [1.807, 2.05) is 4.90 Å². The van der Waals surface area contributed by atoms with E-state index in [4.69, 9.17) is 9.47 Å². The Balaban J connectivity index is 1.68. The van der Waals surface area contributed by atoms with Crippen molar-refractivity contribution in [3.8, 4) is 0 Å². The van der Waals surface area contributed by atoms with Crippen LogP contribution in [0.5, 0.6) is 0 Å². The molecular formula is C12H22N2O3. The predicted octanol–water partition coefficient (Wildman–Crippen LogP) is -0.0440. The molecule has 2 aliphatic heterocycles. The monoisotopic (exact) mass is 242 g/mol. The van der Waals surface area contributed by atoms with E-state index in [-0.39, 0.29) is 12.5 Å². The number of rotatable bonds is 4. The van der Waals surface area contributed by atoms with E-state index in [1.54, 1.807) is 7.11 Å². The molecular weight excluding hydrogens is 220 g/mol. The van der Waals surface area contributed by atoms with Gasteiger partial charge in [0.15, 0.2) is 0 Å². The quantitative estimate of drug-likeness (QED) is 0.693. The molecule has 5 nitrogen and oxygen atoms in total.